The van der Waals surface area contributed by atoms with Gasteiger partial charge in [-0.2, -0.15) is 20.1 Å². The summed E-state index contributed by atoms with van der Waals surface area (Å²) in [5, 5.41) is 10.5. The average Bonchev–Trinajstić information content (AvgIpc) is 2.95. The fraction of sp³-hybridized carbons (Fsp3) is 0.500. The highest BCUT2D eigenvalue weighted by atomic mass is 16.5. The predicted molar refractivity (Wildman–Crippen MR) is 110 cm³/mol. The summed E-state index contributed by atoms with van der Waals surface area (Å²) in [6, 6.07) is 0. The van der Waals surface area contributed by atoms with Gasteiger partial charge in [0, 0.05) is 18.8 Å². The van der Waals surface area contributed by atoms with Crippen molar-refractivity contribution in [2.75, 3.05) is 35.8 Å². The molecule has 0 unspecified atom stereocenters. The van der Waals surface area contributed by atoms with E-state index in [0.29, 0.717) is 48.8 Å². The van der Waals surface area contributed by atoms with Crippen molar-refractivity contribution < 1.29 is 9.53 Å². The van der Waals surface area contributed by atoms with Crippen molar-refractivity contribution in [3.63, 3.8) is 0 Å². The number of aryl methyl sites for hydroxylation is 1. The van der Waals surface area contributed by atoms with E-state index in [4.69, 9.17) is 4.74 Å². The minimum Gasteiger partial charge on any atom is -0.462 e. The average molecular weight is 388 g/mol. The molecule has 0 aliphatic carbocycles. The van der Waals surface area contributed by atoms with Gasteiger partial charge in [-0.1, -0.05) is 0 Å². The van der Waals surface area contributed by atoms with Crippen molar-refractivity contribution in [1.82, 2.24) is 19.9 Å². The first-order valence-corrected chi connectivity index (χ1v) is 9.31. The SMILES string of the molecule is CCNc1nc(NCC)nc(N/N=C(\C)c2[nH]c(C)c(C(=O)OCC)c2C)n1. The number of hydrogen-bond acceptors (Lipinski definition) is 9. The van der Waals surface area contributed by atoms with Gasteiger partial charge < -0.3 is 20.4 Å². The van der Waals surface area contributed by atoms with E-state index in [9.17, 15) is 4.79 Å². The molecule has 0 aliphatic rings. The summed E-state index contributed by atoms with van der Waals surface area (Å²) in [4.78, 5) is 28.2. The zero-order valence-electron chi connectivity index (χ0n) is 17.2. The van der Waals surface area contributed by atoms with Gasteiger partial charge in [-0.3, -0.25) is 0 Å². The fourth-order valence-electron chi connectivity index (χ4n) is 2.71. The molecule has 0 fully saturated rings. The number of nitrogens with one attached hydrogen (secondary N) is 4. The van der Waals surface area contributed by atoms with Crippen LogP contribution in [0, 0.1) is 13.8 Å². The van der Waals surface area contributed by atoms with E-state index >= 15 is 0 Å². The fourth-order valence-corrected chi connectivity index (χ4v) is 2.71. The molecule has 2 aromatic heterocycles. The Kier molecular flexibility index (Phi) is 7.30. The minimum atomic E-state index is -0.344. The van der Waals surface area contributed by atoms with Crippen molar-refractivity contribution in [1.29, 1.82) is 0 Å². The topological polar surface area (TPSA) is 129 Å². The molecule has 0 amide bonds. The summed E-state index contributed by atoms with van der Waals surface area (Å²) in [6.45, 7) is 12.9. The van der Waals surface area contributed by atoms with Crippen molar-refractivity contribution in [2.24, 2.45) is 5.10 Å². The highest BCUT2D eigenvalue weighted by Gasteiger charge is 2.20. The van der Waals surface area contributed by atoms with E-state index < -0.39 is 0 Å². The molecule has 2 rings (SSSR count). The Balaban J connectivity index is 2.27. The maximum atomic E-state index is 12.2. The maximum Gasteiger partial charge on any atom is 0.340 e. The second kappa shape index (κ2) is 9.67. The van der Waals surface area contributed by atoms with Crippen molar-refractivity contribution in [3.8, 4) is 0 Å². The van der Waals surface area contributed by atoms with Crippen LogP contribution in [0.5, 0.6) is 0 Å². The summed E-state index contributed by atoms with van der Waals surface area (Å²) in [7, 11) is 0. The largest absolute Gasteiger partial charge is 0.462 e. The monoisotopic (exact) mass is 388 g/mol. The molecular formula is C18H28N8O2. The summed E-state index contributed by atoms with van der Waals surface area (Å²) in [6.07, 6.45) is 0. The van der Waals surface area contributed by atoms with Gasteiger partial charge in [0.2, 0.25) is 17.8 Å². The number of ether oxygens (including phenoxy) is 1. The molecule has 2 aromatic rings. The molecule has 0 bridgehead atoms. The number of nitrogens with zero attached hydrogens (tertiary/aromatic N) is 4. The van der Waals surface area contributed by atoms with Crippen LogP contribution in [-0.2, 0) is 4.74 Å². The highest BCUT2D eigenvalue weighted by Crippen LogP contribution is 2.20. The zero-order valence-corrected chi connectivity index (χ0v) is 17.2. The molecule has 2 heterocycles. The number of esters is 1. The van der Waals surface area contributed by atoms with Crippen LogP contribution in [0.1, 0.15) is 55.0 Å². The molecule has 0 spiro atoms. The molecule has 0 aromatic carbocycles. The number of hydrazone groups is 1. The lowest BCUT2D eigenvalue weighted by Gasteiger charge is -2.08. The van der Waals surface area contributed by atoms with Crippen LogP contribution in [-0.4, -0.2) is 51.3 Å². The Morgan fingerprint density at radius 2 is 1.61 bits per heavy atom. The van der Waals surface area contributed by atoms with Gasteiger partial charge in [-0.05, 0) is 47.1 Å². The first kappa shape index (κ1) is 21.1. The smallest absolute Gasteiger partial charge is 0.340 e. The Hall–Kier alpha value is -3.17. The Morgan fingerprint density at radius 1 is 1.04 bits per heavy atom. The molecule has 10 nitrogen and oxygen atoms in total. The van der Waals surface area contributed by atoms with Gasteiger partial charge in [0.1, 0.15) is 0 Å². The lowest BCUT2D eigenvalue weighted by Crippen LogP contribution is -2.11. The van der Waals surface area contributed by atoms with Crippen LogP contribution >= 0.6 is 0 Å². The number of H-pyrrole nitrogens is 1. The molecule has 10 heteroatoms. The van der Waals surface area contributed by atoms with Gasteiger partial charge >= 0.3 is 5.97 Å². The number of aromatic amines is 1. The molecular weight excluding hydrogens is 360 g/mol. The summed E-state index contributed by atoms with van der Waals surface area (Å²) in [5.41, 5.74) is 6.34. The van der Waals surface area contributed by atoms with Gasteiger partial charge in [-0.15, -0.1) is 0 Å². The van der Waals surface area contributed by atoms with E-state index in [-0.39, 0.29) is 5.97 Å². The van der Waals surface area contributed by atoms with Gasteiger partial charge in [0.25, 0.3) is 0 Å². The van der Waals surface area contributed by atoms with Gasteiger partial charge in [0.15, 0.2) is 0 Å². The standard InChI is InChI=1S/C18H28N8O2/c1-7-19-16-22-17(20-8-2)24-18(23-16)26-25-12(6)14-10(4)13(11(5)21-14)15(27)28-9-3/h21H,7-9H2,1-6H3,(H3,19,20,22,23,24,26)/b25-12+. The molecule has 152 valence electrons. The van der Waals surface area contributed by atoms with Gasteiger partial charge in [0.05, 0.1) is 23.6 Å². The van der Waals surface area contributed by atoms with Crippen LogP contribution in [0.2, 0.25) is 0 Å². The summed E-state index contributed by atoms with van der Waals surface area (Å²) in [5.74, 6) is 0.886. The Labute approximate surface area is 164 Å². The summed E-state index contributed by atoms with van der Waals surface area (Å²) < 4.78 is 5.13. The molecule has 0 radical (unpaired) electrons. The van der Waals surface area contributed by atoms with E-state index in [1.54, 1.807) is 6.92 Å². The van der Waals surface area contributed by atoms with E-state index in [0.717, 1.165) is 17.0 Å². The second-order valence-electron chi connectivity index (χ2n) is 6.02. The van der Waals surface area contributed by atoms with E-state index in [1.807, 2.05) is 34.6 Å². The minimum absolute atomic E-state index is 0.313. The molecule has 0 aliphatic heterocycles. The van der Waals surface area contributed by atoms with Crippen molar-refractivity contribution >= 4 is 29.5 Å². The lowest BCUT2D eigenvalue weighted by molar-refractivity contribution is 0.0525. The van der Waals surface area contributed by atoms with Crippen molar-refractivity contribution in [2.45, 2.75) is 41.5 Å². The Morgan fingerprint density at radius 3 is 2.14 bits per heavy atom. The quantitative estimate of drug-likeness (QED) is 0.293. The maximum absolute atomic E-state index is 12.2. The van der Waals surface area contributed by atoms with Gasteiger partial charge in [-0.25, -0.2) is 10.2 Å². The first-order chi connectivity index (χ1) is 13.4. The van der Waals surface area contributed by atoms with Crippen molar-refractivity contribution in [3.05, 3.63) is 22.5 Å². The third-order valence-corrected chi connectivity index (χ3v) is 3.91. The third kappa shape index (κ3) is 4.96. The molecule has 0 saturated carbocycles. The predicted octanol–water partition coefficient (Wildman–Crippen LogP) is 2.69. The molecule has 0 atom stereocenters. The van der Waals surface area contributed by atoms with Crippen LogP contribution in [0.3, 0.4) is 0 Å². The number of hydrogen-bond donors (Lipinski definition) is 4. The van der Waals surface area contributed by atoms with Crippen LogP contribution in [0.25, 0.3) is 0 Å². The molecule has 4 N–H and O–H groups in total. The number of aromatic nitrogens is 4. The second-order valence-corrected chi connectivity index (χ2v) is 6.02. The lowest BCUT2D eigenvalue weighted by atomic mass is 10.1. The first-order valence-electron chi connectivity index (χ1n) is 9.31. The van der Waals surface area contributed by atoms with E-state index in [1.165, 1.54) is 0 Å². The summed E-state index contributed by atoms with van der Waals surface area (Å²) >= 11 is 0. The van der Waals surface area contributed by atoms with Crippen LogP contribution < -0.4 is 16.1 Å². The number of rotatable bonds is 9. The molecule has 0 saturated heterocycles. The number of anilines is 3. The number of carbonyl (C=O) groups excluding carboxylic acids is 1. The van der Waals surface area contributed by atoms with E-state index in [2.05, 4.69) is 41.1 Å². The van der Waals surface area contributed by atoms with Crippen LogP contribution in [0.15, 0.2) is 5.10 Å². The third-order valence-electron chi connectivity index (χ3n) is 3.91. The van der Waals surface area contributed by atoms with Crippen LogP contribution in [0.4, 0.5) is 17.8 Å². The highest BCUT2D eigenvalue weighted by molar-refractivity contribution is 6.03. The number of carbonyl (C=O) groups is 1. The Bertz CT molecular complexity index is 835. The normalized spacial score (nSPS) is 11.3. The molecule has 28 heavy (non-hydrogen) atoms. The zero-order chi connectivity index (χ0) is 20.7.